The zero-order valence-electron chi connectivity index (χ0n) is 29.6. The maximum absolute atomic E-state index is 2.45. The molecule has 54 heavy (non-hydrogen) atoms. The molecule has 0 fully saturated rings. The summed E-state index contributed by atoms with van der Waals surface area (Å²) in [7, 11) is 0. The van der Waals surface area contributed by atoms with Gasteiger partial charge >= 0.3 is 0 Å². The molecule has 2 heteroatoms. The Bertz CT molecular complexity index is 2920. The maximum Gasteiger partial charge on any atom is 0.0640 e. The highest BCUT2D eigenvalue weighted by Gasteiger charge is 2.21. The van der Waals surface area contributed by atoms with Crippen LogP contribution in [0.2, 0.25) is 0 Å². The largest absolute Gasteiger partial charge is 0.308 e. The summed E-state index contributed by atoms with van der Waals surface area (Å²) in [6, 6.07) is 77.1. The van der Waals surface area contributed by atoms with E-state index in [4.69, 9.17) is 0 Å². The second-order valence-electron chi connectivity index (χ2n) is 13.7. The van der Waals surface area contributed by atoms with Crippen molar-refractivity contribution < 1.29 is 0 Å². The van der Waals surface area contributed by atoms with Crippen molar-refractivity contribution in [3.63, 3.8) is 0 Å². The van der Waals surface area contributed by atoms with Crippen LogP contribution >= 0.6 is 11.3 Å². The standard InChI is InChI=1S/C52H35NS/c1-2-12-36(13-3-1)38-24-27-40(28-25-38)46-18-6-8-21-49(46)53(50-22-11-20-48-47-19-7-9-23-51(47)54-52(48)50)45-32-30-39(31-33-45)42-16-10-17-43(34-42)44-29-26-37-14-4-5-15-41(37)35-44/h1-35H. The highest BCUT2D eigenvalue weighted by Crippen LogP contribution is 2.47. The van der Waals surface area contributed by atoms with E-state index in [2.05, 4.69) is 217 Å². The van der Waals surface area contributed by atoms with Crippen molar-refractivity contribution in [2.24, 2.45) is 0 Å². The molecule has 0 spiro atoms. The third-order valence-electron chi connectivity index (χ3n) is 10.5. The average molecular weight is 706 g/mol. The molecule has 0 radical (unpaired) electrons. The number of rotatable bonds is 7. The van der Waals surface area contributed by atoms with E-state index in [0.717, 1.165) is 11.4 Å². The highest BCUT2D eigenvalue weighted by atomic mass is 32.1. The Morgan fingerprint density at radius 2 is 0.852 bits per heavy atom. The average Bonchev–Trinajstić information content (AvgIpc) is 3.64. The summed E-state index contributed by atoms with van der Waals surface area (Å²) in [5.41, 5.74) is 13.0. The number of para-hydroxylation sites is 1. The van der Waals surface area contributed by atoms with Crippen LogP contribution in [-0.2, 0) is 0 Å². The zero-order valence-corrected chi connectivity index (χ0v) is 30.4. The van der Waals surface area contributed by atoms with E-state index in [9.17, 15) is 0 Å². The lowest BCUT2D eigenvalue weighted by Crippen LogP contribution is -2.11. The first-order valence-corrected chi connectivity index (χ1v) is 19.2. The summed E-state index contributed by atoms with van der Waals surface area (Å²) in [5.74, 6) is 0. The van der Waals surface area contributed by atoms with Gasteiger partial charge in [0.1, 0.15) is 0 Å². The Hall–Kier alpha value is -6.74. The van der Waals surface area contributed by atoms with Crippen molar-refractivity contribution in [2.75, 3.05) is 4.90 Å². The summed E-state index contributed by atoms with van der Waals surface area (Å²) >= 11 is 1.87. The van der Waals surface area contributed by atoms with Crippen LogP contribution in [0, 0.1) is 0 Å². The molecule has 0 aliphatic rings. The quantitative estimate of drug-likeness (QED) is 0.160. The normalized spacial score (nSPS) is 11.3. The van der Waals surface area contributed by atoms with Gasteiger partial charge in [-0.2, -0.15) is 0 Å². The lowest BCUT2D eigenvalue weighted by molar-refractivity contribution is 1.30. The van der Waals surface area contributed by atoms with Gasteiger partial charge in [0.15, 0.2) is 0 Å². The summed E-state index contributed by atoms with van der Waals surface area (Å²) < 4.78 is 2.58. The second kappa shape index (κ2) is 13.7. The molecule has 254 valence electrons. The van der Waals surface area contributed by atoms with Gasteiger partial charge in [0.05, 0.1) is 16.1 Å². The van der Waals surface area contributed by atoms with Crippen molar-refractivity contribution in [1.82, 2.24) is 0 Å². The number of nitrogens with zero attached hydrogens (tertiary/aromatic N) is 1. The summed E-state index contributed by atoms with van der Waals surface area (Å²) in [4.78, 5) is 2.45. The number of hydrogen-bond acceptors (Lipinski definition) is 2. The molecule has 9 aromatic carbocycles. The van der Waals surface area contributed by atoms with Gasteiger partial charge in [-0.3, -0.25) is 0 Å². The fourth-order valence-electron chi connectivity index (χ4n) is 7.75. The minimum absolute atomic E-state index is 1.11. The molecule has 0 aliphatic heterocycles. The Morgan fingerprint density at radius 3 is 1.70 bits per heavy atom. The SMILES string of the molecule is c1ccc(-c2ccc(-c3ccccc3N(c3ccc(-c4cccc(-c5ccc6ccccc6c5)c4)cc3)c3cccc4c3sc3ccccc34)cc2)cc1. The fourth-order valence-corrected chi connectivity index (χ4v) is 8.96. The van der Waals surface area contributed by atoms with Crippen molar-refractivity contribution in [3.8, 4) is 44.5 Å². The molecule has 0 amide bonds. The van der Waals surface area contributed by atoms with Crippen molar-refractivity contribution in [1.29, 1.82) is 0 Å². The smallest absolute Gasteiger partial charge is 0.0640 e. The number of benzene rings is 9. The predicted molar refractivity (Wildman–Crippen MR) is 233 cm³/mol. The molecule has 1 nitrogen and oxygen atoms in total. The third kappa shape index (κ3) is 5.84. The van der Waals surface area contributed by atoms with E-state index in [1.54, 1.807) is 0 Å². The molecule has 0 unspecified atom stereocenters. The molecule has 1 aromatic heterocycles. The molecule has 0 atom stereocenters. The van der Waals surface area contributed by atoms with Gasteiger partial charge in [0, 0.05) is 26.7 Å². The van der Waals surface area contributed by atoms with Crippen molar-refractivity contribution in [3.05, 3.63) is 212 Å². The summed E-state index contributed by atoms with van der Waals surface area (Å²) in [5, 5.41) is 5.09. The van der Waals surface area contributed by atoms with E-state index in [1.807, 2.05) is 11.3 Å². The van der Waals surface area contributed by atoms with E-state index in [-0.39, 0.29) is 0 Å². The monoisotopic (exact) mass is 705 g/mol. The topological polar surface area (TPSA) is 3.24 Å². The fraction of sp³-hybridized carbons (Fsp3) is 0. The Morgan fingerprint density at radius 1 is 0.315 bits per heavy atom. The van der Waals surface area contributed by atoms with E-state index >= 15 is 0 Å². The second-order valence-corrected chi connectivity index (χ2v) is 14.8. The van der Waals surface area contributed by atoms with Crippen LogP contribution in [0.25, 0.3) is 75.5 Å². The van der Waals surface area contributed by atoms with Gasteiger partial charge in [-0.1, -0.05) is 170 Å². The first-order chi connectivity index (χ1) is 26.8. The molecule has 0 N–H and O–H groups in total. The van der Waals surface area contributed by atoms with E-state index in [1.165, 1.54) is 81.1 Å². The highest BCUT2D eigenvalue weighted by molar-refractivity contribution is 7.26. The molecule has 0 bridgehead atoms. The van der Waals surface area contributed by atoms with Crippen LogP contribution < -0.4 is 4.90 Å². The van der Waals surface area contributed by atoms with E-state index < -0.39 is 0 Å². The number of anilines is 3. The van der Waals surface area contributed by atoms with Crippen molar-refractivity contribution in [2.45, 2.75) is 0 Å². The minimum Gasteiger partial charge on any atom is -0.308 e. The van der Waals surface area contributed by atoms with Crippen LogP contribution in [0.5, 0.6) is 0 Å². The van der Waals surface area contributed by atoms with Crippen LogP contribution in [-0.4, -0.2) is 0 Å². The summed E-state index contributed by atoms with van der Waals surface area (Å²) in [6.45, 7) is 0. The number of thiophene rings is 1. The molecular formula is C52H35NS. The Kier molecular flexibility index (Phi) is 8.09. The van der Waals surface area contributed by atoms with Gasteiger partial charge in [-0.15, -0.1) is 11.3 Å². The molecule has 0 saturated carbocycles. The molecular weight excluding hydrogens is 671 g/mol. The Balaban J connectivity index is 1.09. The van der Waals surface area contributed by atoms with Crippen molar-refractivity contribution >= 4 is 59.3 Å². The molecule has 10 aromatic rings. The first kappa shape index (κ1) is 32.0. The maximum atomic E-state index is 2.45. The van der Waals surface area contributed by atoms with Gasteiger partial charge in [0.25, 0.3) is 0 Å². The molecule has 0 saturated heterocycles. The predicted octanol–water partition coefficient (Wildman–Crippen LogP) is 15.3. The summed E-state index contributed by atoms with van der Waals surface area (Å²) in [6.07, 6.45) is 0. The third-order valence-corrected chi connectivity index (χ3v) is 11.7. The molecule has 1 heterocycles. The zero-order chi connectivity index (χ0) is 35.8. The van der Waals surface area contributed by atoms with E-state index in [0.29, 0.717) is 0 Å². The minimum atomic E-state index is 1.11. The lowest BCUT2D eigenvalue weighted by Gasteiger charge is -2.28. The molecule has 10 rings (SSSR count). The van der Waals surface area contributed by atoms with Crippen LogP contribution in [0.15, 0.2) is 212 Å². The van der Waals surface area contributed by atoms with Crippen LogP contribution in [0.1, 0.15) is 0 Å². The van der Waals surface area contributed by atoms with Crippen LogP contribution in [0.4, 0.5) is 17.1 Å². The van der Waals surface area contributed by atoms with Gasteiger partial charge in [0.2, 0.25) is 0 Å². The van der Waals surface area contributed by atoms with Gasteiger partial charge < -0.3 is 4.90 Å². The van der Waals surface area contributed by atoms with Crippen LogP contribution in [0.3, 0.4) is 0 Å². The van der Waals surface area contributed by atoms with Gasteiger partial charge in [-0.05, 0) is 92.2 Å². The lowest BCUT2D eigenvalue weighted by atomic mass is 9.96. The van der Waals surface area contributed by atoms with Gasteiger partial charge in [-0.25, -0.2) is 0 Å². The first-order valence-electron chi connectivity index (χ1n) is 18.4. The molecule has 0 aliphatic carbocycles. The Labute approximate surface area is 319 Å². The number of fused-ring (bicyclic) bond motifs is 4. The number of hydrogen-bond donors (Lipinski definition) is 0.